The number of rotatable bonds is 16. The second-order valence-corrected chi connectivity index (χ2v) is 20.4. The van der Waals surface area contributed by atoms with Gasteiger partial charge in [-0.3, -0.25) is 19.2 Å². The van der Waals surface area contributed by atoms with Gasteiger partial charge in [-0.25, -0.2) is 29.9 Å². The summed E-state index contributed by atoms with van der Waals surface area (Å²) in [4.78, 5) is 88.6. The summed E-state index contributed by atoms with van der Waals surface area (Å²) >= 11 is 6.50. The van der Waals surface area contributed by atoms with E-state index in [2.05, 4.69) is 55.5 Å². The van der Waals surface area contributed by atoms with Crippen LogP contribution in [0, 0.1) is 0 Å². The maximum Gasteiger partial charge on any atom is 0.216 e. The third kappa shape index (κ3) is 10.8. The van der Waals surface area contributed by atoms with Crippen LogP contribution in [0.25, 0.3) is 89.7 Å². The topological polar surface area (TPSA) is 225 Å². The molecule has 0 unspecified atom stereocenters. The fourth-order valence-corrected chi connectivity index (χ4v) is 10.9. The maximum absolute atomic E-state index is 11.6. The second kappa shape index (κ2) is 20.8. The first-order chi connectivity index (χ1) is 32.9. The number of amides is 4. The molecule has 5 heterocycles. The first-order valence-corrected chi connectivity index (χ1v) is 25.8. The number of thioether (sulfide) groups is 4. The molecule has 68 heavy (non-hydrogen) atoms. The lowest BCUT2D eigenvalue weighted by atomic mass is 10.1. The summed E-state index contributed by atoms with van der Waals surface area (Å²) in [5.74, 6) is 4.29. The molecule has 0 aliphatic carbocycles. The molecule has 0 atom stereocenters. The minimum absolute atomic E-state index is 0.0732. The zero-order chi connectivity index (χ0) is 47.3. The van der Waals surface area contributed by atoms with Gasteiger partial charge in [-0.1, -0.05) is 0 Å². The van der Waals surface area contributed by atoms with Gasteiger partial charge < -0.3 is 31.2 Å². The highest BCUT2D eigenvalue weighted by molar-refractivity contribution is 8.00. The SMILES string of the molecule is CC(=O)NCCSc1ccc2c(c1)-c1nc-2nc2[nH]c(nc3nc(nc4[nH]c(n1)c1ccc(SCCNC(C)=O)cc41)-c1cc(SCCNC(C)=O)ccc1-3)c1cc(SCCNC(C)=O)ccc21. The molecule has 4 aromatic carbocycles. The summed E-state index contributed by atoms with van der Waals surface area (Å²) in [7, 11) is 0. The van der Waals surface area contributed by atoms with E-state index in [9.17, 15) is 19.2 Å². The fraction of sp³-hybridized carbons (Fsp3) is 0.250. The fourth-order valence-electron chi connectivity index (χ4n) is 7.65. The molecule has 0 spiro atoms. The Bertz CT molecular complexity index is 3320. The van der Waals surface area contributed by atoms with E-state index in [4.69, 9.17) is 29.9 Å². The Morgan fingerprint density at radius 1 is 0.382 bits per heavy atom. The van der Waals surface area contributed by atoms with E-state index < -0.39 is 0 Å². The molecule has 0 saturated carbocycles. The zero-order valence-electron chi connectivity index (χ0n) is 37.5. The number of carbonyl (C=O) groups is 4. The van der Waals surface area contributed by atoms with E-state index in [1.54, 1.807) is 47.0 Å². The van der Waals surface area contributed by atoms with Crippen molar-refractivity contribution in [1.82, 2.24) is 61.1 Å². The Hall–Kier alpha value is -6.48. The lowest BCUT2D eigenvalue weighted by Gasteiger charge is -2.05. The first kappa shape index (κ1) is 46.6. The molecule has 20 heteroatoms. The van der Waals surface area contributed by atoms with Crippen molar-refractivity contribution in [3.63, 3.8) is 0 Å². The van der Waals surface area contributed by atoms with E-state index in [1.165, 1.54) is 27.7 Å². The number of nitrogens with one attached hydrogen (secondary N) is 6. The van der Waals surface area contributed by atoms with Crippen LogP contribution in [0.3, 0.4) is 0 Å². The van der Waals surface area contributed by atoms with Crippen molar-refractivity contribution in [1.29, 1.82) is 0 Å². The highest BCUT2D eigenvalue weighted by Crippen LogP contribution is 2.40. The van der Waals surface area contributed by atoms with Crippen molar-refractivity contribution in [2.24, 2.45) is 0 Å². The monoisotopic (exact) mass is 982 g/mol. The van der Waals surface area contributed by atoms with Gasteiger partial charge in [-0.05, 0) is 72.8 Å². The molecule has 3 aromatic heterocycles. The molecule has 7 aromatic rings. The molecule has 346 valence electrons. The molecular weight excluding hydrogens is 937 g/mol. The third-order valence-electron chi connectivity index (χ3n) is 10.7. The molecule has 4 amide bonds. The largest absolute Gasteiger partial charge is 0.356 e. The molecule has 6 N–H and O–H groups in total. The van der Waals surface area contributed by atoms with E-state index in [0.29, 0.717) is 95.1 Å². The van der Waals surface area contributed by atoms with Gasteiger partial charge in [0.15, 0.2) is 23.3 Å². The van der Waals surface area contributed by atoms with Gasteiger partial charge in [-0.2, -0.15) is 0 Å². The molecular formula is C48H46N12O4S4. The summed E-state index contributed by atoms with van der Waals surface area (Å²) in [5.41, 5.74) is 5.44. The Labute approximate surface area is 407 Å². The molecule has 8 bridgehead atoms. The predicted octanol–water partition coefficient (Wildman–Crippen LogP) is 7.78. The minimum atomic E-state index is -0.0762. The van der Waals surface area contributed by atoms with Crippen molar-refractivity contribution in [3.8, 4) is 45.6 Å². The van der Waals surface area contributed by atoms with Crippen LogP contribution in [-0.2, 0) is 19.2 Å². The Kier molecular flexibility index (Phi) is 14.3. The van der Waals surface area contributed by atoms with Gasteiger partial charge in [0.1, 0.15) is 22.6 Å². The van der Waals surface area contributed by atoms with Crippen molar-refractivity contribution in [2.45, 2.75) is 47.3 Å². The summed E-state index contributed by atoms with van der Waals surface area (Å²) in [6.45, 7) is 8.14. The summed E-state index contributed by atoms with van der Waals surface area (Å²) in [6.07, 6.45) is 0. The normalized spacial score (nSPS) is 11.6. The lowest BCUT2D eigenvalue weighted by Crippen LogP contribution is -2.22. The number of fused-ring (bicyclic) bond motifs is 20. The zero-order valence-corrected chi connectivity index (χ0v) is 40.8. The molecule has 16 nitrogen and oxygen atoms in total. The molecule has 0 saturated heterocycles. The molecule has 2 aliphatic heterocycles. The average molecular weight is 983 g/mol. The highest BCUT2D eigenvalue weighted by Gasteiger charge is 2.24. The Morgan fingerprint density at radius 3 is 1.01 bits per heavy atom. The molecule has 2 aliphatic rings. The van der Waals surface area contributed by atoms with Crippen LogP contribution in [0.15, 0.2) is 92.4 Å². The minimum Gasteiger partial charge on any atom is -0.356 e. The van der Waals surface area contributed by atoms with Gasteiger partial charge in [-0.15, -0.1) is 47.0 Å². The third-order valence-corrected chi connectivity index (χ3v) is 14.7. The molecule has 9 rings (SSSR count). The summed E-state index contributed by atoms with van der Waals surface area (Å²) < 4.78 is 0. The van der Waals surface area contributed by atoms with Crippen LogP contribution >= 0.6 is 47.0 Å². The van der Waals surface area contributed by atoms with Crippen LogP contribution in [0.1, 0.15) is 27.7 Å². The number of aromatic amines is 2. The van der Waals surface area contributed by atoms with Crippen molar-refractivity contribution in [3.05, 3.63) is 72.8 Å². The first-order valence-electron chi connectivity index (χ1n) is 21.8. The quantitative estimate of drug-likeness (QED) is 0.0402. The van der Waals surface area contributed by atoms with Crippen molar-refractivity contribution >= 4 is 115 Å². The number of carbonyl (C=O) groups excluding carboxylic acids is 4. The van der Waals surface area contributed by atoms with Crippen molar-refractivity contribution < 1.29 is 19.2 Å². The lowest BCUT2D eigenvalue weighted by molar-refractivity contribution is -0.119. The van der Waals surface area contributed by atoms with Gasteiger partial charge in [0.25, 0.3) is 0 Å². The number of hydrogen-bond donors (Lipinski definition) is 6. The second-order valence-electron chi connectivity index (χ2n) is 15.8. The van der Waals surface area contributed by atoms with Gasteiger partial charge in [0.2, 0.25) is 23.6 Å². The molecule has 0 fully saturated rings. The van der Waals surface area contributed by atoms with Crippen LogP contribution < -0.4 is 21.3 Å². The highest BCUT2D eigenvalue weighted by atomic mass is 32.2. The van der Waals surface area contributed by atoms with Gasteiger partial charge in [0.05, 0.1) is 0 Å². The smallest absolute Gasteiger partial charge is 0.216 e. The maximum atomic E-state index is 11.6. The van der Waals surface area contributed by atoms with E-state index >= 15 is 0 Å². The van der Waals surface area contributed by atoms with Gasteiger partial charge >= 0.3 is 0 Å². The van der Waals surface area contributed by atoms with Gasteiger partial charge in [0, 0.05) is 140 Å². The average Bonchev–Trinajstić information content (AvgIpc) is 4.04. The standard InChI is InChI=1S/C48H46N12O4S4/c1-25(61)49-13-17-65-29-5-9-33-37(21-29)45-54-41(33)53-42-34-10-6-30(66-18-14-50-26(2)62)22-38(34)46(55-42)57-44-36-12-8-32(68-20-16-52-28(4)64)24-40(36)48(59-44)60-47-39-23-31(67-19-15-51-27(3)63)7-11-35(39)43(56-45)58-47/h5-12,21-24H,13-20H2,1-4H3,(H,49,61)(H,50,62)(H,51,63)(H,52,64)(H2,53,54,55,56,57,58,59,60). The molecule has 0 radical (unpaired) electrons. The number of hydrogen-bond acceptors (Lipinski definition) is 14. The summed E-state index contributed by atoms with van der Waals surface area (Å²) in [5, 5.41) is 14.8. The number of nitrogens with zero attached hydrogens (tertiary/aromatic N) is 6. The van der Waals surface area contributed by atoms with E-state index in [0.717, 1.165) is 63.4 Å². The number of benzene rings is 4. The predicted molar refractivity (Wildman–Crippen MR) is 274 cm³/mol. The summed E-state index contributed by atoms with van der Waals surface area (Å²) in [6, 6.07) is 24.5. The van der Waals surface area contributed by atoms with Crippen LogP contribution in [0.4, 0.5) is 0 Å². The van der Waals surface area contributed by atoms with Crippen LogP contribution in [0.2, 0.25) is 0 Å². The van der Waals surface area contributed by atoms with E-state index in [1.807, 2.05) is 48.5 Å². The number of aromatic nitrogens is 8. The Morgan fingerprint density at radius 2 is 0.676 bits per heavy atom. The van der Waals surface area contributed by atoms with Crippen LogP contribution in [0.5, 0.6) is 0 Å². The Balaban J connectivity index is 1.27. The van der Waals surface area contributed by atoms with Crippen LogP contribution in [-0.4, -0.2) is 113 Å². The van der Waals surface area contributed by atoms with E-state index in [-0.39, 0.29) is 23.6 Å². The van der Waals surface area contributed by atoms with Crippen molar-refractivity contribution in [2.75, 3.05) is 49.2 Å². The number of H-pyrrole nitrogens is 2.